The lowest BCUT2D eigenvalue weighted by Gasteiger charge is -2.15. The van der Waals surface area contributed by atoms with Gasteiger partial charge >= 0.3 is 6.09 Å². The Labute approximate surface area is 135 Å². The van der Waals surface area contributed by atoms with E-state index >= 15 is 0 Å². The molecule has 3 N–H and O–H groups in total. The van der Waals surface area contributed by atoms with Gasteiger partial charge in [-0.3, -0.25) is 5.43 Å². The molecule has 6 heteroatoms. The van der Waals surface area contributed by atoms with E-state index in [0.29, 0.717) is 11.4 Å². The molecule has 0 saturated heterocycles. The number of hydrogen-bond donors (Lipinski definition) is 3. The first kappa shape index (κ1) is 16.5. The Balaban J connectivity index is 2.18. The summed E-state index contributed by atoms with van der Waals surface area (Å²) in [6, 6.07) is 12.4. The zero-order chi connectivity index (χ0) is 16.8. The molecule has 122 valence electrons. The lowest BCUT2D eigenvalue weighted by Crippen LogP contribution is -2.31. The summed E-state index contributed by atoms with van der Waals surface area (Å²) in [6.07, 6.45) is -0.779. The van der Waals surface area contributed by atoms with Gasteiger partial charge in [0.15, 0.2) is 0 Å². The van der Waals surface area contributed by atoms with Crippen molar-refractivity contribution in [3.63, 3.8) is 0 Å². The highest BCUT2D eigenvalue weighted by Crippen LogP contribution is 2.30. The van der Waals surface area contributed by atoms with Crippen molar-refractivity contribution >= 4 is 11.8 Å². The topological polar surface area (TPSA) is 79.8 Å². The number of anilines is 1. The lowest BCUT2D eigenvalue weighted by atomic mass is 10.0. The molecule has 0 aromatic heterocycles. The summed E-state index contributed by atoms with van der Waals surface area (Å²) in [7, 11) is 1.55. The summed E-state index contributed by atoms with van der Waals surface area (Å²) in [5, 5.41) is 9.36. The lowest BCUT2D eigenvalue weighted by molar-refractivity contribution is 0.117. The van der Waals surface area contributed by atoms with E-state index in [1.807, 2.05) is 12.1 Å². The summed E-state index contributed by atoms with van der Waals surface area (Å²) in [5.74, 6) is 0.788. The van der Waals surface area contributed by atoms with Crippen LogP contribution in [0.15, 0.2) is 42.5 Å². The van der Waals surface area contributed by atoms with Gasteiger partial charge in [0.2, 0.25) is 0 Å². The third kappa shape index (κ3) is 4.54. The SMILES string of the molecule is COc1ccc(-c2ccc(O)cc2)cc1NNC(=O)OC(C)C. The van der Waals surface area contributed by atoms with Gasteiger partial charge in [0.25, 0.3) is 0 Å². The van der Waals surface area contributed by atoms with Crippen molar-refractivity contribution in [1.82, 2.24) is 5.43 Å². The molecular formula is C17H20N2O4. The van der Waals surface area contributed by atoms with Gasteiger partial charge in [0.05, 0.1) is 18.9 Å². The number of aromatic hydroxyl groups is 1. The van der Waals surface area contributed by atoms with Crippen LogP contribution in [0, 0.1) is 0 Å². The summed E-state index contributed by atoms with van der Waals surface area (Å²) in [5.41, 5.74) is 7.69. The number of phenols is 1. The summed E-state index contributed by atoms with van der Waals surface area (Å²) in [4.78, 5) is 11.6. The molecule has 0 fully saturated rings. The van der Waals surface area contributed by atoms with Crippen LogP contribution in [0.25, 0.3) is 11.1 Å². The molecule has 6 nitrogen and oxygen atoms in total. The molecule has 0 unspecified atom stereocenters. The van der Waals surface area contributed by atoms with E-state index in [0.717, 1.165) is 11.1 Å². The fraction of sp³-hybridized carbons (Fsp3) is 0.235. The summed E-state index contributed by atoms with van der Waals surface area (Å²) in [6.45, 7) is 3.54. The minimum Gasteiger partial charge on any atom is -0.508 e. The Morgan fingerprint density at radius 2 is 1.74 bits per heavy atom. The maximum atomic E-state index is 11.6. The molecule has 23 heavy (non-hydrogen) atoms. The van der Waals surface area contributed by atoms with Gasteiger partial charge in [-0.25, -0.2) is 10.2 Å². The minimum absolute atomic E-state index is 0.206. The number of ether oxygens (including phenoxy) is 2. The van der Waals surface area contributed by atoms with Crippen LogP contribution in [-0.2, 0) is 4.74 Å². The maximum Gasteiger partial charge on any atom is 0.426 e. The minimum atomic E-state index is -0.572. The van der Waals surface area contributed by atoms with Crippen LogP contribution >= 0.6 is 0 Å². The van der Waals surface area contributed by atoms with E-state index in [-0.39, 0.29) is 11.9 Å². The van der Waals surface area contributed by atoms with Crippen molar-refractivity contribution in [2.24, 2.45) is 0 Å². The predicted octanol–water partition coefficient (Wildman–Crippen LogP) is 3.53. The maximum absolute atomic E-state index is 11.6. The number of amides is 1. The number of phenolic OH excluding ortho intramolecular Hbond substituents is 1. The van der Waals surface area contributed by atoms with Crippen molar-refractivity contribution in [1.29, 1.82) is 0 Å². The first-order valence-corrected chi connectivity index (χ1v) is 7.19. The average molecular weight is 316 g/mol. The van der Waals surface area contributed by atoms with Crippen molar-refractivity contribution in [3.8, 4) is 22.6 Å². The molecule has 0 spiro atoms. The number of benzene rings is 2. The Bertz CT molecular complexity index is 669. The van der Waals surface area contributed by atoms with E-state index in [1.165, 1.54) is 0 Å². The molecule has 1 amide bonds. The van der Waals surface area contributed by atoms with E-state index in [9.17, 15) is 9.90 Å². The second kappa shape index (κ2) is 7.40. The highest BCUT2D eigenvalue weighted by Gasteiger charge is 2.09. The standard InChI is InChI=1S/C17H20N2O4/c1-11(2)23-17(21)19-18-15-10-13(6-9-16(15)22-3)12-4-7-14(20)8-5-12/h4-11,18,20H,1-3H3,(H,19,21). The fourth-order valence-corrected chi connectivity index (χ4v) is 2.00. The number of hydrazine groups is 1. The molecule has 2 aromatic rings. The van der Waals surface area contributed by atoms with Gasteiger partial charge in [0.1, 0.15) is 11.5 Å². The van der Waals surface area contributed by atoms with E-state index < -0.39 is 6.09 Å². The number of hydrogen-bond acceptors (Lipinski definition) is 5. The van der Waals surface area contributed by atoms with Crippen molar-refractivity contribution in [2.45, 2.75) is 20.0 Å². The first-order chi connectivity index (χ1) is 11.0. The van der Waals surface area contributed by atoms with Crippen LogP contribution in [-0.4, -0.2) is 24.4 Å². The molecule has 2 aromatic carbocycles. The van der Waals surface area contributed by atoms with Crippen molar-refractivity contribution in [3.05, 3.63) is 42.5 Å². The molecule has 0 radical (unpaired) electrons. The Morgan fingerprint density at radius 1 is 1.09 bits per heavy atom. The number of nitrogens with one attached hydrogen (secondary N) is 2. The quantitative estimate of drug-likeness (QED) is 0.735. The zero-order valence-electron chi connectivity index (χ0n) is 13.3. The van der Waals surface area contributed by atoms with Gasteiger partial charge in [0, 0.05) is 0 Å². The Hall–Kier alpha value is -2.89. The number of carbonyl (C=O) groups is 1. The Kier molecular flexibility index (Phi) is 5.30. The molecule has 0 aliphatic carbocycles. The molecule has 0 aliphatic heterocycles. The third-order valence-electron chi connectivity index (χ3n) is 3.04. The van der Waals surface area contributed by atoms with Gasteiger partial charge in [-0.2, -0.15) is 0 Å². The van der Waals surface area contributed by atoms with Gasteiger partial charge in [-0.1, -0.05) is 18.2 Å². The van der Waals surface area contributed by atoms with Gasteiger partial charge in [-0.15, -0.1) is 0 Å². The number of carbonyl (C=O) groups excluding carboxylic acids is 1. The van der Waals surface area contributed by atoms with Crippen LogP contribution in [0.3, 0.4) is 0 Å². The van der Waals surface area contributed by atoms with Crippen molar-refractivity contribution in [2.75, 3.05) is 12.5 Å². The van der Waals surface area contributed by atoms with Gasteiger partial charge < -0.3 is 14.6 Å². The molecule has 2 rings (SSSR count). The normalized spacial score (nSPS) is 10.3. The first-order valence-electron chi connectivity index (χ1n) is 7.19. The average Bonchev–Trinajstić information content (AvgIpc) is 2.52. The molecule has 0 atom stereocenters. The molecule has 0 bridgehead atoms. The van der Waals surface area contributed by atoms with Crippen LogP contribution in [0.2, 0.25) is 0 Å². The summed E-state index contributed by atoms with van der Waals surface area (Å²) >= 11 is 0. The van der Waals surface area contributed by atoms with Crippen LogP contribution < -0.4 is 15.6 Å². The smallest absolute Gasteiger partial charge is 0.426 e. The highest BCUT2D eigenvalue weighted by atomic mass is 16.6. The van der Waals surface area contributed by atoms with Crippen LogP contribution in [0.1, 0.15) is 13.8 Å². The predicted molar refractivity (Wildman–Crippen MR) is 88.5 cm³/mol. The molecule has 0 saturated carbocycles. The van der Waals surface area contributed by atoms with E-state index in [2.05, 4.69) is 10.9 Å². The monoisotopic (exact) mass is 316 g/mol. The molecule has 0 heterocycles. The third-order valence-corrected chi connectivity index (χ3v) is 3.04. The number of rotatable bonds is 5. The van der Waals surface area contributed by atoms with E-state index in [1.54, 1.807) is 51.3 Å². The molecule has 0 aliphatic rings. The second-order valence-corrected chi connectivity index (χ2v) is 5.17. The van der Waals surface area contributed by atoms with Crippen LogP contribution in [0.4, 0.5) is 10.5 Å². The second-order valence-electron chi connectivity index (χ2n) is 5.17. The summed E-state index contributed by atoms with van der Waals surface area (Å²) < 4.78 is 10.3. The van der Waals surface area contributed by atoms with Gasteiger partial charge in [-0.05, 0) is 49.2 Å². The van der Waals surface area contributed by atoms with Crippen molar-refractivity contribution < 1.29 is 19.4 Å². The zero-order valence-corrected chi connectivity index (χ0v) is 13.3. The fourth-order valence-electron chi connectivity index (χ4n) is 2.00. The van der Waals surface area contributed by atoms with E-state index in [4.69, 9.17) is 9.47 Å². The largest absolute Gasteiger partial charge is 0.508 e. The number of methoxy groups -OCH3 is 1. The highest BCUT2D eigenvalue weighted by molar-refractivity contribution is 5.75. The Morgan fingerprint density at radius 3 is 2.35 bits per heavy atom. The molecular weight excluding hydrogens is 296 g/mol. The van der Waals surface area contributed by atoms with Crippen LogP contribution in [0.5, 0.6) is 11.5 Å².